The number of methoxy groups -OCH3 is 1. The minimum atomic E-state index is -3.47. The van der Waals surface area contributed by atoms with E-state index in [0.717, 1.165) is 74.0 Å². The third kappa shape index (κ3) is 9.08. The second kappa shape index (κ2) is 18.2. The van der Waals surface area contributed by atoms with Crippen LogP contribution in [0.4, 0.5) is 24.5 Å². The van der Waals surface area contributed by atoms with E-state index in [1.807, 2.05) is 38.1 Å². The number of aromatic nitrogens is 3. The zero-order chi connectivity index (χ0) is 41.8. The Kier molecular flexibility index (Phi) is 12.9. The van der Waals surface area contributed by atoms with Crippen LogP contribution < -0.4 is 14.1 Å². The number of hydrogen-bond donors (Lipinski definition) is 2. The number of nitrogens with zero attached hydrogens (tertiary/aromatic N) is 6. The zero-order valence-electron chi connectivity index (χ0n) is 32.9. The van der Waals surface area contributed by atoms with Crippen LogP contribution in [0.15, 0.2) is 65.4 Å². The fourth-order valence-corrected chi connectivity index (χ4v) is 8.34. The monoisotopic (exact) mass is 837 g/mol. The number of esters is 1. The van der Waals surface area contributed by atoms with E-state index in [0.29, 0.717) is 39.3 Å². The lowest BCUT2D eigenvalue weighted by Gasteiger charge is -2.36. The average molecular weight is 838 g/mol. The third-order valence-corrected chi connectivity index (χ3v) is 11.6. The molecule has 1 N–H and O–H groups in total. The Morgan fingerprint density at radius 1 is 1.02 bits per heavy atom. The molecular weight excluding hydrogens is 792 g/mol. The fourth-order valence-electron chi connectivity index (χ4n) is 7.64. The SMILES string of the molecule is COC(=O)C(c1cc(OCCCCN2CCN(c3ccc(-c4cnc5[nH]cc(C(=O)c6c(F)ccc(N(N7CC[C@@H](F)C7)[SH](=O)=O)c6F)c5c4)cc3)CC2)no1)C(C)C. The summed E-state index contributed by atoms with van der Waals surface area (Å²) < 4.78 is 86.0. The van der Waals surface area contributed by atoms with Gasteiger partial charge in [0.2, 0.25) is 16.7 Å². The fraction of sp³-hybridized carbons (Fsp3) is 0.415. The van der Waals surface area contributed by atoms with Gasteiger partial charge in [-0.3, -0.25) is 14.5 Å². The van der Waals surface area contributed by atoms with Gasteiger partial charge in [0, 0.05) is 73.4 Å². The van der Waals surface area contributed by atoms with Gasteiger partial charge in [-0.1, -0.05) is 26.0 Å². The summed E-state index contributed by atoms with van der Waals surface area (Å²) >= 11 is 0. The Balaban J connectivity index is 0.940. The number of fused-ring (bicyclic) bond motifs is 1. The number of benzene rings is 2. The highest BCUT2D eigenvalue weighted by Crippen LogP contribution is 2.33. The number of H-pyrrole nitrogens is 1. The normalized spacial score (nSPS) is 16.9. The Morgan fingerprint density at radius 3 is 2.46 bits per heavy atom. The molecule has 1 unspecified atom stereocenters. The number of carbonyl (C=O) groups is 2. The molecule has 3 aromatic heterocycles. The molecule has 5 aromatic rings. The van der Waals surface area contributed by atoms with Crippen LogP contribution >= 0.6 is 0 Å². The maximum Gasteiger partial charge on any atom is 0.316 e. The summed E-state index contributed by atoms with van der Waals surface area (Å²) in [4.78, 5) is 38.0. The first-order valence-corrected chi connectivity index (χ1v) is 20.6. The van der Waals surface area contributed by atoms with Crippen molar-refractivity contribution in [3.05, 3.63) is 89.4 Å². The number of ether oxygens (including phenoxy) is 2. The van der Waals surface area contributed by atoms with Gasteiger partial charge in [-0.05, 0) is 72.8 Å². The number of ketones is 1. The second-order valence-corrected chi connectivity index (χ2v) is 15.8. The molecule has 18 heteroatoms. The predicted molar refractivity (Wildman–Crippen MR) is 215 cm³/mol. The van der Waals surface area contributed by atoms with Crippen LogP contribution in [0, 0.1) is 17.6 Å². The number of thiol groups is 1. The van der Waals surface area contributed by atoms with E-state index in [-0.39, 0.29) is 37.0 Å². The van der Waals surface area contributed by atoms with Crippen molar-refractivity contribution in [1.82, 2.24) is 25.0 Å². The van der Waals surface area contributed by atoms with Gasteiger partial charge in [-0.15, -0.1) is 0 Å². The van der Waals surface area contributed by atoms with Gasteiger partial charge in [0.05, 0.1) is 25.8 Å². The lowest BCUT2D eigenvalue weighted by molar-refractivity contribution is -0.144. The molecule has 0 amide bonds. The molecule has 314 valence electrons. The van der Waals surface area contributed by atoms with Crippen molar-refractivity contribution in [3.8, 4) is 17.0 Å². The van der Waals surface area contributed by atoms with Crippen molar-refractivity contribution in [2.75, 3.05) is 68.8 Å². The summed E-state index contributed by atoms with van der Waals surface area (Å²) in [7, 11) is -2.12. The number of halogens is 3. The summed E-state index contributed by atoms with van der Waals surface area (Å²) in [5, 5.41) is 5.40. The molecule has 2 aliphatic rings. The largest absolute Gasteiger partial charge is 0.476 e. The van der Waals surface area contributed by atoms with Crippen LogP contribution in [0.5, 0.6) is 5.88 Å². The molecule has 5 heterocycles. The van der Waals surface area contributed by atoms with Crippen molar-refractivity contribution in [2.45, 2.75) is 45.2 Å². The molecule has 59 heavy (non-hydrogen) atoms. The van der Waals surface area contributed by atoms with Gasteiger partial charge in [0.15, 0.2) is 11.6 Å². The number of pyridine rings is 1. The lowest BCUT2D eigenvalue weighted by atomic mass is 9.93. The minimum absolute atomic E-state index is 0.00745. The maximum absolute atomic E-state index is 16.0. The van der Waals surface area contributed by atoms with Crippen molar-refractivity contribution < 1.29 is 45.2 Å². The summed E-state index contributed by atoms with van der Waals surface area (Å²) in [6.07, 6.45) is 3.48. The van der Waals surface area contributed by atoms with Crippen molar-refractivity contribution in [3.63, 3.8) is 0 Å². The van der Waals surface area contributed by atoms with Gasteiger partial charge < -0.3 is 23.9 Å². The van der Waals surface area contributed by atoms with Crippen LogP contribution in [0.1, 0.15) is 60.7 Å². The molecule has 0 aliphatic carbocycles. The van der Waals surface area contributed by atoms with Crippen LogP contribution in [-0.4, -0.2) is 111 Å². The zero-order valence-corrected chi connectivity index (χ0v) is 33.8. The number of anilines is 2. The minimum Gasteiger partial charge on any atom is -0.476 e. The third-order valence-electron chi connectivity index (χ3n) is 10.8. The van der Waals surface area contributed by atoms with Crippen LogP contribution in [0.3, 0.4) is 0 Å². The number of hydrogen-bond acceptors (Lipinski definition) is 12. The van der Waals surface area contributed by atoms with E-state index in [1.165, 1.54) is 13.3 Å². The Bertz CT molecular complexity index is 2350. The highest BCUT2D eigenvalue weighted by molar-refractivity contribution is 7.73. The van der Waals surface area contributed by atoms with E-state index in [1.54, 1.807) is 18.3 Å². The number of aromatic amines is 1. The van der Waals surface area contributed by atoms with E-state index < -0.39 is 51.6 Å². The van der Waals surface area contributed by atoms with Crippen molar-refractivity contribution in [1.29, 1.82) is 0 Å². The number of hydrazine groups is 1. The van der Waals surface area contributed by atoms with Crippen LogP contribution in [0.25, 0.3) is 22.2 Å². The molecule has 14 nitrogen and oxygen atoms in total. The molecule has 2 aromatic carbocycles. The van der Waals surface area contributed by atoms with E-state index >= 15 is 8.78 Å². The Labute approximate surface area is 340 Å². The van der Waals surface area contributed by atoms with E-state index in [4.69, 9.17) is 14.0 Å². The number of nitrogens with one attached hydrogen (secondary N) is 1. The molecule has 2 saturated heterocycles. The van der Waals surface area contributed by atoms with E-state index in [2.05, 4.69) is 24.9 Å². The first-order chi connectivity index (χ1) is 28.4. The number of piperazine rings is 1. The van der Waals surface area contributed by atoms with Crippen LogP contribution in [-0.2, 0) is 20.4 Å². The summed E-state index contributed by atoms with van der Waals surface area (Å²) in [6.45, 7) is 8.46. The topological polar surface area (TPSA) is 154 Å². The average Bonchev–Trinajstić information content (AvgIpc) is 3.99. The first-order valence-electron chi connectivity index (χ1n) is 19.5. The van der Waals surface area contributed by atoms with E-state index in [9.17, 15) is 22.4 Å². The first kappa shape index (κ1) is 41.7. The smallest absolute Gasteiger partial charge is 0.316 e. The number of carbonyl (C=O) groups excluding carboxylic acids is 2. The summed E-state index contributed by atoms with van der Waals surface area (Å²) in [5.74, 6) is -3.68. The van der Waals surface area contributed by atoms with Gasteiger partial charge >= 0.3 is 5.97 Å². The highest BCUT2D eigenvalue weighted by atomic mass is 32.2. The van der Waals surface area contributed by atoms with Gasteiger partial charge in [-0.2, -0.15) is 4.41 Å². The van der Waals surface area contributed by atoms with Crippen LogP contribution in [0.2, 0.25) is 0 Å². The molecular formula is C41H46F3N7O7S. The number of alkyl halides is 1. The molecule has 0 radical (unpaired) electrons. The molecule has 2 aliphatic heterocycles. The molecule has 2 atom stereocenters. The molecule has 2 fully saturated rings. The molecule has 0 saturated carbocycles. The predicted octanol–water partition coefficient (Wildman–Crippen LogP) is 5.91. The van der Waals surface area contributed by atoms with Crippen molar-refractivity contribution in [2.24, 2.45) is 5.92 Å². The van der Waals surface area contributed by atoms with Gasteiger partial charge in [0.1, 0.15) is 29.2 Å². The van der Waals surface area contributed by atoms with Crippen molar-refractivity contribution >= 4 is 45.1 Å². The van der Waals surface area contributed by atoms with Gasteiger partial charge in [-0.25, -0.2) is 31.6 Å². The second-order valence-electron chi connectivity index (χ2n) is 15.0. The number of unbranched alkanes of at least 4 members (excludes halogenated alkanes) is 1. The highest BCUT2D eigenvalue weighted by Gasteiger charge is 2.33. The lowest BCUT2D eigenvalue weighted by Crippen LogP contribution is -2.46. The quantitative estimate of drug-likeness (QED) is 0.0526. The summed E-state index contributed by atoms with van der Waals surface area (Å²) in [6, 6.07) is 13.1. The Morgan fingerprint density at radius 2 is 1.78 bits per heavy atom. The molecule has 7 rings (SSSR count). The molecule has 0 spiro atoms. The standard InChI is InChI=1S/C41H46F3N7O7S/c1-25(2)36(41(53)56-3)34-21-35(47-58-34)57-19-5-4-13-48-15-17-49(18-16-48)29-8-6-26(7-9-29)27-20-30-31(23-46-40(30)45-22-27)39(52)37-32(43)10-11-33(38(37)44)51(59(54)55)50-14-12-28(42)24-50/h6-11,20-23,25,28,36,59H,4-5,12-19,24H2,1-3H3,(H,45,46)/t28-,36?/m1/s1. The van der Waals surface area contributed by atoms with Gasteiger partial charge in [0.25, 0.3) is 5.88 Å². The summed E-state index contributed by atoms with van der Waals surface area (Å²) in [5.41, 5.74) is 1.33. The Hall–Kier alpha value is -5.46. The maximum atomic E-state index is 16.0. The molecule has 0 bridgehead atoms. The number of rotatable bonds is 16.